The molecule has 6 aromatic rings. The zero-order valence-corrected chi connectivity index (χ0v) is 23.5. The summed E-state index contributed by atoms with van der Waals surface area (Å²) in [5.41, 5.74) is 3.09. The Morgan fingerprint density at radius 3 is 1.32 bits per heavy atom. The van der Waals surface area contributed by atoms with Gasteiger partial charge < -0.3 is 0 Å². The van der Waals surface area contributed by atoms with Crippen LogP contribution >= 0.6 is 0 Å². The van der Waals surface area contributed by atoms with Gasteiger partial charge in [-0.2, -0.15) is 0 Å². The van der Waals surface area contributed by atoms with Gasteiger partial charge in [-0.05, 0) is 22.4 Å². The largest absolute Gasteiger partial charge is 0.289 e. The van der Waals surface area contributed by atoms with Gasteiger partial charge in [0.05, 0.1) is 0 Å². The highest BCUT2D eigenvalue weighted by Crippen LogP contribution is 2.48. The number of carbonyl (C=O) groups excluding carboxylic acids is 4. The molecular formula is C40H24O4. The SMILES string of the molecule is O=C(C1=C(C(=O)c2ccccc2)c2c(C(=O)c3ccccc3)c(C(=O)c3ccccc3)cc3cccc1c23)c1ccccc1. The number of carbonyl (C=O) groups is 4. The molecule has 44 heavy (non-hydrogen) atoms. The fraction of sp³-hybridized carbons (Fsp3) is 0. The van der Waals surface area contributed by atoms with E-state index in [2.05, 4.69) is 0 Å². The van der Waals surface area contributed by atoms with Crippen molar-refractivity contribution in [2.45, 2.75) is 0 Å². The molecule has 0 bridgehead atoms. The Hall–Kier alpha value is -6.00. The van der Waals surface area contributed by atoms with Gasteiger partial charge >= 0.3 is 0 Å². The summed E-state index contributed by atoms with van der Waals surface area (Å²) in [6, 6.07) is 42.2. The van der Waals surface area contributed by atoms with E-state index in [4.69, 9.17) is 0 Å². The smallest absolute Gasteiger partial charge is 0.194 e. The van der Waals surface area contributed by atoms with E-state index in [1.54, 1.807) is 103 Å². The summed E-state index contributed by atoms with van der Waals surface area (Å²) >= 11 is 0. The molecule has 0 atom stereocenters. The number of rotatable bonds is 8. The molecule has 0 amide bonds. The topological polar surface area (TPSA) is 68.3 Å². The van der Waals surface area contributed by atoms with Gasteiger partial charge in [0.25, 0.3) is 0 Å². The molecule has 0 aliphatic heterocycles. The summed E-state index contributed by atoms with van der Waals surface area (Å²) in [6.45, 7) is 0. The monoisotopic (exact) mass is 568 g/mol. The van der Waals surface area contributed by atoms with Gasteiger partial charge in [-0.1, -0.05) is 140 Å². The van der Waals surface area contributed by atoms with Crippen molar-refractivity contribution in [1.82, 2.24) is 0 Å². The van der Waals surface area contributed by atoms with Crippen LogP contribution in [-0.2, 0) is 0 Å². The third-order valence-electron chi connectivity index (χ3n) is 8.00. The van der Waals surface area contributed by atoms with Gasteiger partial charge in [-0.15, -0.1) is 0 Å². The Labute approximate surface area is 253 Å². The van der Waals surface area contributed by atoms with Crippen LogP contribution in [0.25, 0.3) is 21.9 Å². The highest BCUT2D eigenvalue weighted by molar-refractivity contribution is 6.52. The molecule has 0 fully saturated rings. The molecule has 1 aliphatic carbocycles. The fourth-order valence-electron chi connectivity index (χ4n) is 6.00. The van der Waals surface area contributed by atoms with Gasteiger partial charge in [-0.3, -0.25) is 19.2 Å². The molecule has 4 heteroatoms. The second-order valence-corrected chi connectivity index (χ2v) is 10.6. The van der Waals surface area contributed by atoms with Crippen LogP contribution in [-0.4, -0.2) is 23.1 Å². The van der Waals surface area contributed by atoms with Crippen LogP contribution in [0.2, 0.25) is 0 Å². The van der Waals surface area contributed by atoms with Crippen LogP contribution in [0.15, 0.2) is 146 Å². The highest BCUT2D eigenvalue weighted by Gasteiger charge is 2.38. The minimum absolute atomic E-state index is 0.111. The van der Waals surface area contributed by atoms with Gasteiger partial charge in [0.2, 0.25) is 0 Å². The fourth-order valence-corrected chi connectivity index (χ4v) is 6.00. The van der Waals surface area contributed by atoms with Crippen molar-refractivity contribution in [3.8, 4) is 0 Å². The Kier molecular flexibility index (Phi) is 6.72. The summed E-state index contributed by atoms with van der Waals surface area (Å²) in [5.74, 6) is -1.47. The second-order valence-electron chi connectivity index (χ2n) is 10.6. The van der Waals surface area contributed by atoms with E-state index < -0.39 is 11.6 Å². The van der Waals surface area contributed by atoms with Crippen LogP contribution in [0.1, 0.15) is 63.7 Å². The third kappa shape index (κ3) is 4.41. The highest BCUT2D eigenvalue weighted by atomic mass is 16.1. The molecule has 0 saturated carbocycles. The van der Waals surface area contributed by atoms with Crippen LogP contribution < -0.4 is 0 Å². The maximum absolute atomic E-state index is 14.6. The summed E-state index contributed by atoms with van der Waals surface area (Å²) in [4.78, 5) is 57.6. The van der Waals surface area contributed by atoms with E-state index in [1.807, 2.05) is 42.5 Å². The van der Waals surface area contributed by atoms with Crippen LogP contribution in [0, 0.1) is 0 Å². The summed E-state index contributed by atoms with van der Waals surface area (Å²) in [7, 11) is 0. The molecule has 7 rings (SSSR count). The van der Waals surface area contributed by atoms with Gasteiger partial charge in [0.1, 0.15) is 0 Å². The lowest BCUT2D eigenvalue weighted by atomic mass is 9.83. The molecule has 0 spiro atoms. The van der Waals surface area contributed by atoms with E-state index >= 15 is 0 Å². The van der Waals surface area contributed by atoms with E-state index in [0.717, 1.165) is 0 Å². The number of hydrogen-bond donors (Lipinski definition) is 0. The molecule has 4 nitrogen and oxygen atoms in total. The summed E-state index contributed by atoms with van der Waals surface area (Å²) in [6.07, 6.45) is 0. The molecule has 208 valence electrons. The van der Waals surface area contributed by atoms with Crippen molar-refractivity contribution in [2.75, 3.05) is 0 Å². The van der Waals surface area contributed by atoms with E-state index in [0.29, 0.717) is 44.2 Å². The first-order valence-corrected chi connectivity index (χ1v) is 14.3. The molecule has 1 aliphatic rings. The number of ketones is 4. The maximum Gasteiger partial charge on any atom is 0.194 e. The predicted octanol–water partition coefficient (Wildman–Crippen LogP) is 8.29. The normalized spacial score (nSPS) is 11.9. The van der Waals surface area contributed by atoms with E-state index in [1.165, 1.54) is 0 Å². The lowest BCUT2D eigenvalue weighted by Crippen LogP contribution is -2.16. The average molecular weight is 569 g/mol. The number of allylic oxidation sites excluding steroid dienone is 2. The van der Waals surface area contributed by atoms with Crippen molar-refractivity contribution < 1.29 is 19.2 Å². The molecule has 0 saturated heterocycles. The van der Waals surface area contributed by atoms with Crippen molar-refractivity contribution in [3.05, 3.63) is 190 Å². The molecule has 0 aromatic heterocycles. The number of benzene rings is 6. The quantitative estimate of drug-likeness (QED) is 0.173. The van der Waals surface area contributed by atoms with E-state index in [-0.39, 0.29) is 33.8 Å². The lowest BCUT2D eigenvalue weighted by molar-refractivity contribution is 0.100. The molecule has 6 aromatic carbocycles. The third-order valence-corrected chi connectivity index (χ3v) is 8.00. The van der Waals surface area contributed by atoms with Crippen molar-refractivity contribution in [1.29, 1.82) is 0 Å². The Morgan fingerprint density at radius 2 is 0.818 bits per heavy atom. The maximum atomic E-state index is 14.6. The predicted molar refractivity (Wildman–Crippen MR) is 172 cm³/mol. The van der Waals surface area contributed by atoms with Gasteiger partial charge in [-0.25, -0.2) is 0 Å². The molecule has 0 N–H and O–H groups in total. The second kappa shape index (κ2) is 11.0. The Morgan fingerprint density at radius 1 is 0.386 bits per heavy atom. The summed E-state index contributed by atoms with van der Waals surface area (Å²) in [5, 5.41) is 1.27. The van der Waals surface area contributed by atoms with Crippen molar-refractivity contribution >= 4 is 45.1 Å². The first-order chi connectivity index (χ1) is 21.5. The van der Waals surface area contributed by atoms with Gasteiger partial charge in [0.15, 0.2) is 23.1 Å². The molecule has 0 radical (unpaired) electrons. The first kappa shape index (κ1) is 26.9. The standard InChI is InChI=1S/C40H24O4/c41-37(25-14-5-1-6-15-25)31-24-29-22-13-23-30-32(29)35(34(31)39(43)27-18-9-3-10-19-27)36(40(44)28-20-11-4-12-21-28)33(30)38(42)26-16-7-2-8-17-26/h1-24H. The van der Waals surface area contributed by atoms with Crippen LogP contribution in [0.4, 0.5) is 0 Å². The molecule has 0 heterocycles. The van der Waals surface area contributed by atoms with Crippen LogP contribution in [0.3, 0.4) is 0 Å². The molecule has 0 unspecified atom stereocenters. The molecular weight excluding hydrogens is 544 g/mol. The Bertz CT molecular complexity index is 2140. The average Bonchev–Trinajstić information content (AvgIpc) is 3.44. The van der Waals surface area contributed by atoms with Gasteiger partial charge in [0, 0.05) is 50.1 Å². The number of hydrogen-bond acceptors (Lipinski definition) is 4. The zero-order chi connectivity index (χ0) is 30.2. The van der Waals surface area contributed by atoms with Crippen molar-refractivity contribution in [2.24, 2.45) is 0 Å². The van der Waals surface area contributed by atoms with Crippen LogP contribution in [0.5, 0.6) is 0 Å². The van der Waals surface area contributed by atoms with E-state index in [9.17, 15) is 19.2 Å². The number of Topliss-reactive ketones (excluding diaryl/α,β-unsaturated/α-hetero) is 2. The zero-order valence-electron chi connectivity index (χ0n) is 23.5. The minimum Gasteiger partial charge on any atom is -0.289 e. The minimum atomic E-state index is -0.400. The first-order valence-electron chi connectivity index (χ1n) is 14.3. The van der Waals surface area contributed by atoms with Crippen molar-refractivity contribution in [3.63, 3.8) is 0 Å². The summed E-state index contributed by atoms with van der Waals surface area (Å²) < 4.78 is 0. The Balaban J connectivity index is 1.62. The lowest BCUT2D eigenvalue weighted by Gasteiger charge is -2.17.